The molecule has 0 spiro atoms. The van der Waals surface area contributed by atoms with E-state index >= 15 is 0 Å². The lowest BCUT2D eigenvalue weighted by Crippen LogP contribution is -2.43. The lowest BCUT2D eigenvalue weighted by atomic mass is 9.78. The molecule has 5 nitrogen and oxygen atoms in total. The number of nitrogens with one attached hydrogen (secondary N) is 1. The Balaban J connectivity index is 1.64. The predicted molar refractivity (Wildman–Crippen MR) is 75.8 cm³/mol. The Morgan fingerprint density at radius 2 is 1.81 bits per heavy atom. The Hall–Kier alpha value is -1.59. The van der Waals surface area contributed by atoms with E-state index in [1.54, 1.807) is 12.1 Å². The minimum Gasteiger partial charge on any atom is -0.481 e. The van der Waals surface area contributed by atoms with Crippen molar-refractivity contribution in [2.75, 3.05) is 0 Å². The number of ether oxygens (including phenoxy) is 1. The van der Waals surface area contributed by atoms with Gasteiger partial charge >= 0.3 is 5.97 Å². The first-order valence-electron chi connectivity index (χ1n) is 6.96. The first kappa shape index (κ1) is 14.4. The minimum atomic E-state index is -0.950. The summed E-state index contributed by atoms with van der Waals surface area (Å²) in [5.74, 6) is -2.51. The van der Waals surface area contributed by atoms with Crippen LogP contribution in [0.25, 0.3) is 0 Å². The van der Waals surface area contributed by atoms with E-state index < -0.39 is 17.8 Å². The fraction of sp³-hybridized carbons (Fsp3) is 0.467. The van der Waals surface area contributed by atoms with E-state index in [4.69, 9.17) is 16.3 Å². The molecule has 21 heavy (non-hydrogen) atoms. The fourth-order valence-corrected chi connectivity index (χ4v) is 3.36. The van der Waals surface area contributed by atoms with Gasteiger partial charge in [0.25, 0.3) is 0 Å². The van der Waals surface area contributed by atoms with E-state index in [2.05, 4.69) is 5.32 Å². The molecule has 2 saturated heterocycles. The number of rotatable bonds is 4. The van der Waals surface area contributed by atoms with Crippen molar-refractivity contribution in [3.63, 3.8) is 0 Å². The molecule has 2 bridgehead atoms. The molecule has 2 fully saturated rings. The third-order valence-electron chi connectivity index (χ3n) is 4.24. The molecular weight excluding hydrogens is 294 g/mol. The van der Waals surface area contributed by atoms with Crippen molar-refractivity contribution in [2.45, 2.75) is 31.6 Å². The van der Waals surface area contributed by atoms with Gasteiger partial charge in [0, 0.05) is 11.6 Å². The zero-order chi connectivity index (χ0) is 15.0. The first-order valence-corrected chi connectivity index (χ1v) is 7.34. The summed E-state index contributed by atoms with van der Waals surface area (Å²) in [7, 11) is 0. The largest absolute Gasteiger partial charge is 0.481 e. The maximum Gasteiger partial charge on any atom is 0.310 e. The Labute approximate surface area is 127 Å². The summed E-state index contributed by atoms with van der Waals surface area (Å²) >= 11 is 5.81. The lowest BCUT2D eigenvalue weighted by molar-refractivity contribution is -0.147. The van der Waals surface area contributed by atoms with Crippen molar-refractivity contribution >= 4 is 23.5 Å². The van der Waals surface area contributed by atoms with Crippen LogP contribution in [0, 0.1) is 11.8 Å². The number of fused-ring (bicyclic) bond motifs is 2. The van der Waals surface area contributed by atoms with Gasteiger partial charge in [-0.3, -0.25) is 9.59 Å². The summed E-state index contributed by atoms with van der Waals surface area (Å²) in [6.45, 7) is 0.357. The molecule has 2 aliphatic heterocycles. The molecule has 1 aromatic carbocycles. The minimum absolute atomic E-state index is 0.246. The molecule has 112 valence electrons. The highest BCUT2D eigenvalue weighted by Crippen LogP contribution is 2.43. The molecule has 0 radical (unpaired) electrons. The highest BCUT2D eigenvalue weighted by molar-refractivity contribution is 6.30. The second kappa shape index (κ2) is 5.66. The Morgan fingerprint density at radius 1 is 1.19 bits per heavy atom. The topological polar surface area (TPSA) is 75.6 Å². The number of carboxylic acid groups (broad SMARTS) is 1. The summed E-state index contributed by atoms with van der Waals surface area (Å²) < 4.78 is 5.59. The van der Waals surface area contributed by atoms with Crippen molar-refractivity contribution in [1.82, 2.24) is 5.32 Å². The van der Waals surface area contributed by atoms with Crippen LogP contribution in [0.3, 0.4) is 0 Å². The molecule has 0 unspecified atom stereocenters. The van der Waals surface area contributed by atoms with Crippen LogP contribution < -0.4 is 5.32 Å². The van der Waals surface area contributed by atoms with E-state index in [9.17, 15) is 14.7 Å². The third-order valence-corrected chi connectivity index (χ3v) is 4.49. The molecule has 0 aromatic heterocycles. The molecule has 0 aliphatic carbocycles. The van der Waals surface area contributed by atoms with Crippen LogP contribution in [-0.4, -0.2) is 29.2 Å². The van der Waals surface area contributed by atoms with E-state index in [1.807, 2.05) is 12.1 Å². The monoisotopic (exact) mass is 309 g/mol. The summed E-state index contributed by atoms with van der Waals surface area (Å²) in [6, 6.07) is 7.16. The van der Waals surface area contributed by atoms with Crippen molar-refractivity contribution in [1.29, 1.82) is 0 Å². The predicted octanol–water partition coefficient (Wildman–Crippen LogP) is 1.83. The molecule has 2 heterocycles. The van der Waals surface area contributed by atoms with Gasteiger partial charge in [-0.15, -0.1) is 0 Å². The SMILES string of the molecule is O=C(O)[C@@H]1[C@@H](C(=O)NCc2ccc(Cl)cc2)[C@@H]2CC[C@@H]1O2. The normalized spacial score (nSPS) is 30.3. The van der Waals surface area contributed by atoms with Gasteiger partial charge in [-0.2, -0.15) is 0 Å². The van der Waals surface area contributed by atoms with Crippen molar-refractivity contribution in [3.05, 3.63) is 34.9 Å². The number of carboxylic acids is 1. The molecule has 4 atom stereocenters. The quantitative estimate of drug-likeness (QED) is 0.890. The van der Waals surface area contributed by atoms with Gasteiger partial charge in [-0.25, -0.2) is 0 Å². The van der Waals surface area contributed by atoms with Gasteiger partial charge in [0.15, 0.2) is 0 Å². The number of carbonyl (C=O) groups excluding carboxylic acids is 1. The molecule has 0 saturated carbocycles. The van der Waals surface area contributed by atoms with Crippen LogP contribution in [0.2, 0.25) is 5.02 Å². The average molecular weight is 310 g/mol. The van der Waals surface area contributed by atoms with Gasteiger partial charge < -0.3 is 15.2 Å². The highest BCUT2D eigenvalue weighted by atomic mass is 35.5. The summed E-state index contributed by atoms with van der Waals surface area (Å²) in [6.07, 6.45) is 0.899. The molecular formula is C15H16ClNO4. The summed E-state index contributed by atoms with van der Waals surface area (Å²) in [5.41, 5.74) is 0.920. The van der Waals surface area contributed by atoms with Crippen LogP contribution in [0.15, 0.2) is 24.3 Å². The zero-order valence-electron chi connectivity index (χ0n) is 11.3. The molecule has 6 heteroatoms. The smallest absolute Gasteiger partial charge is 0.310 e. The van der Waals surface area contributed by atoms with Crippen LogP contribution in [0.4, 0.5) is 0 Å². The van der Waals surface area contributed by atoms with Crippen LogP contribution in [0.1, 0.15) is 18.4 Å². The molecule has 2 N–H and O–H groups in total. The van der Waals surface area contributed by atoms with Gasteiger partial charge in [-0.05, 0) is 30.5 Å². The number of aliphatic carboxylic acids is 1. The Morgan fingerprint density at radius 3 is 2.43 bits per heavy atom. The van der Waals surface area contributed by atoms with Crippen molar-refractivity contribution in [2.24, 2.45) is 11.8 Å². The van der Waals surface area contributed by atoms with Crippen molar-refractivity contribution in [3.8, 4) is 0 Å². The Bertz CT molecular complexity index is 559. The summed E-state index contributed by atoms with van der Waals surface area (Å²) in [5, 5.41) is 12.7. The van der Waals surface area contributed by atoms with Crippen LogP contribution in [0.5, 0.6) is 0 Å². The second-order valence-corrected chi connectivity index (χ2v) is 5.96. The standard InChI is InChI=1S/C15H16ClNO4/c16-9-3-1-8(2-4-9)7-17-14(18)12-10-5-6-11(21-10)13(12)15(19)20/h1-4,10-13H,5-7H2,(H,17,18)(H,19,20)/t10-,11-,12-,13-/m0/s1. The number of hydrogen-bond donors (Lipinski definition) is 2. The van der Waals surface area contributed by atoms with E-state index in [0.29, 0.717) is 11.6 Å². The fourth-order valence-electron chi connectivity index (χ4n) is 3.23. The van der Waals surface area contributed by atoms with Gasteiger partial charge in [-0.1, -0.05) is 23.7 Å². The maximum absolute atomic E-state index is 12.3. The van der Waals surface area contributed by atoms with Gasteiger partial charge in [0.2, 0.25) is 5.91 Å². The Kier molecular flexibility index (Phi) is 3.87. The number of hydrogen-bond acceptors (Lipinski definition) is 3. The zero-order valence-corrected chi connectivity index (χ0v) is 12.0. The van der Waals surface area contributed by atoms with E-state index in [0.717, 1.165) is 18.4 Å². The van der Waals surface area contributed by atoms with Gasteiger partial charge in [0.05, 0.1) is 24.0 Å². The van der Waals surface area contributed by atoms with Crippen LogP contribution in [-0.2, 0) is 20.9 Å². The number of amides is 1. The number of halogens is 1. The first-order chi connectivity index (χ1) is 10.1. The second-order valence-electron chi connectivity index (χ2n) is 5.52. The van der Waals surface area contributed by atoms with Gasteiger partial charge in [0.1, 0.15) is 0 Å². The number of carbonyl (C=O) groups is 2. The third kappa shape index (κ3) is 2.76. The number of benzene rings is 1. The molecule has 1 aromatic rings. The van der Waals surface area contributed by atoms with Crippen LogP contribution >= 0.6 is 11.6 Å². The molecule has 2 aliphatic rings. The van der Waals surface area contributed by atoms with E-state index in [-0.39, 0.29) is 18.1 Å². The highest BCUT2D eigenvalue weighted by Gasteiger charge is 2.55. The summed E-state index contributed by atoms with van der Waals surface area (Å²) in [4.78, 5) is 23.7. The molecule has 1 amide bonds. The maximum atomic E-state index is 12.3. The average Bonchev–Trinajstić information content (AvgIpc) is 3.06. The van der Waals surface area contributed by atoms with Crippen molar-refractivity contribution < 1.29 is 19.4 Å². The lowest BCUT2D eigenvalue weighted by Gasteiger charge is -2.23. The molecule has 3 rings (SSSR count). The van der Waals surface area contributed by atoms with E-state index in [1.165, 1.54) is 0 Å².